The number of pyridine rings is 1. The minimum absolute atomic E-state index is 0.0388. The molecule has 18 heavy (non-hydrogen) atoms. The number of hydrogen-bond donors (Lipinski definition) is 0. The predicted molar refractivity (Wildman–Crippen MR) is 75.7 cm³/mol. The summed E-state index contributed by atoms with van der Waals surface area (Å²) in [6.45, 7) is 4.81. The number of unbranched alkanes of at least 4 members (excludes halogenated alkanes) is 1. The minimum Gasteiger partial charge on any atom is -0.344 e. The van der Waals surface area contributed by atoms with Crippen LogP contribution in [0.2, 0.25) is 0 Å². The molecule has 1 heterocycles. The highest BCUT2D eigenvalue weighted by atomic mass is 79.9. The molecule has 4 nitrogen and oxygen atoms in total. The number of halogens is 1. The van der Waals surface area contributed by atoms with Crippen molar-refractivity contribution in [1.82, 2.24) is 9.47 Å². The quantitative estimate of drug-likeness (QED) is 0.836. The van der Waals surface area contributed by atoms with Gasteiger partial charge in [0.25, 0.3) is 5.56 Å². The Labute approximate surface area is 116 Å². The van der Waals surface area contributed by atoms with Crippen LogP contribution < -0.4 is 5.56 Å². The van der Waals surface area contributed by atoms with Gasteiger partial charge in [-0.15, -0.1) is 0 Å². The highest BCUT2D eigenvalue weighted by Gasteiger charge is 2.11. The van der Waals surface area contributed by atoms with Gasteiger partial charge in [-0.1, -0.05) is 13.3 Å². The van der Waals surface area contributed by atoms with Gasteiger partial charge in [-0.05, 0) is 40.9 Å². The first-order valence-corrected chi connectivity index (χ1v) is 6.85. The average molecular weight is 315 g/mol. The number of nitrogens with zero attached hydrogens (tertiary/aromatic N) is 2. The van der Waals surface area contributed by atoms with E-state index >= 15 is 0 Å². The molecule has 1 rings (SSSR count). The number of likely N-dealkylation sites (N-methyl/N-ethyl adjacent to an activating group) is 1. The molecule has 0 fully saturated rings. The number of carbonyl (C=O) groups is 1. The third-order valence-corrected chi connectivity index (χ3v) is 3.33. The zero-order valence-electron chi connectivity index (χ0n) is 11.1. The van der Waals surface area contributed by atoms with Crippen LogP contribution >= 0.6 is 15.9 Å². The molecule has 0 aliphatic carbocycles. The van der Waals surface area contributed by atoms with E-state index in [0.717, 1.165) is 24.9 Å². The summed E-state index contributed by atoms with van der Waals surface area (Å²) in [6, 6.07) is 1.75. The molecule has 0 aliphatic rings. The van der Waals surface area contributed by atoms with E-state index in [0.29, 0.717) is 4.47 Å². The second-order valence-electron chi connectivity index (χ2n) is 4.47. The molecule has 0 saturated carbocycles. The van der Waals surface area contributed by atoms with Crippen molar-refractivity contribution in [3.8, 4) is 0 Å². The van der Waals surface area contributed by atoms with Crippen molar-refractivity contribution in [3.05, 3.63) is 32.7 Å². The predicted octanol–water partition coefficient (Wildman–Crippen LogP) is 2.18. The summed E-state index contributed by atoms with van der Waals surface area (Å²) < 4.78 is 1.94. The summed E-state index contributed by atoms with van der Waals surface area (Å²) in [5.41, 5.74) is 0.781. The van der Waals surface area contributed by atoms with Gasteiger partial charge in [-0.3, -0.25) is 9.59 Å². The highest BCUT2D eigenvalue weighted by Crippen LogP contribution is 2.06. The highest BCUT2D eigenvalue weighted by molar-refractivity contribution is 9.10. The largest absolute Gasteiger partial charge is 0.344 e. The molecular formula is C13H19BrN2O2. The first-order valence-electron chi connectivity index (χ1n) is 6.06. The van der Waals surface area contributed by atoms with Crippen molar-refractivity contribution < 1.29 is 4.79 Å². The third-order valence-electron chi connectivity index (χ3n) is 2.76. The van der Waals surface area contributed by atoms with Crippen LogP contribution in [0.4, 0.5) is 0 Å². The average Bonchev–Trinajstić information content (AvgIpc) is 2.32. The molecule has 0 spiro atoms. The summed E-state index contributed by atoms with van der Waals surface area (Å²) in [4.78, 5) is 25.5. The maximum Gasteiger partial charge on any atom is 0.265 e. The van der Waals surface area contributed by atoms with Crippen LogP contribution in [-0.4, -0.2) is 29.0 Å². The van der Waals surface area contributed by atoms with Gasteiger partial charge in [-0.25, -0.2) is 0 Å². The number of amides is 1. The van der Waals surface area contributed by atoms with Crippen LogP contribution in [0.5, 0.6) is 0 Å². The van der Waals surface area contributed by atoms with E-state index in [1.54, 1.807) is 24.2 Å². The summed E-state index contributed by atoms with van der Waals surface area (Å²) in [5, 5.41) is 0. The number of aryl methyl sites for hydroxylation is 1. The van der Waals surface area contributed by atoms with Gasteiger partial charge >= 0.3 is 0 Å². The van der Waals surface area contributed by atoms with Crippen molar-refractivity contribution in [2.45, 2.75) is 33.2 Å². The van der Waals surface area contributed by atoms with Gasteiger partial charge in [0.05, 0.1) is 4.47 Å². The fourth-order valence-electron chi connectivity index (χ4n) is 1.64. The summed E-state index contributed by atoms with van der Waals surface area (Å²) in [7, 11) is 1.77. The summed E-state index contributed by atoms with van der Waals surface area (Å²) >= 11 is 3.21. The maximum atomic E-state index is 11.9. The van der Waals surface area contributed by atoms with Crippen molar-refractivity contribution in [2.24, 2.45) is 0 Å². The Morgan fingerprint density at radius 2 is 2.17 bits per heavy atom. The Morgan fingerprint density at radius 3 is 2.78 bits per heavy atom. The minimum atomic E-state index is -0.169. The van der Waals surface area contributed by atoms with Crippen molar-refractivity contribution in [2.75, 3.05) is 13.6 Å². The molecule has 0 atom stereocenters. The standard InChI is InChI=1S/C13H19BrN2O2/c1-4-5-6-15(3)12(17)9-16-8-10(2)7-11(14)13(16)18/h7-8H,4-6,9H2,1-3H3. The number of rotatable bonds is 5. The van der Waals surface area contributed by atoms with Crippen LogP contribution in [0.1, 0.15) is 25.3 Å². The van der Waals surface area contributed by atoms with Gasteiger partial charge in [-0.2, -0.15) is 0 Å². The van der Waals surface area contributed by atoms with E-state index < -0.39 is 0 Å². The second kappa shape index (κ2) is 6.73. The molecule has 100 valence electrons. The molecule has 1 aromatic rings. The van der Waals surface area contributed by atoms with E-state index in [4.69, 9.17) is 0 Å². The van der Waals surface area contributed by atoms with E-state index in [1.807, 2.05) is 6.92 Å². The first kappa shape index (κ1) is 15.0. The molecule has 0 saturated heterocycles. The maximum absolute atomic E-state index is 11.9. The lowest BCUT2D eigenvalue weighted by Crippen LogP contribution is -2.34. The van der Waals surface area contributed by atoms with Gasteiger partial charge in [0.1, 0.15) is 6.54 Å². The smallest absolute Gasteiger partial charge is 0.265 e. The van der Waals surface area contributed by atoms with E-state index in [1.165, 1.54) is 4.57 Å². The van der Waals surface area contributed by atoms with Crippen molar-refractivity contribution in [1.29, 1.82) is 0 Å². The Kier molecular flexibility index (Phi) is 5.59. The zero-order valence-corrected chi connectivity index (χ0v) is 12.7. The van der Waals surface area contributed by atoms with E-state index in [-0.39, 0.29) is 18.0 Å². The molecule has 0 bridgehead atoms. The fourth-order valence-corrected chi connectivity index (χ4v) is 2.23. The van der Waals surface area contributed by atoms with Gasteiger partial charge in [0.2, 0.25) is 5.91 Å². The SMILES string of the molecule is CCCCN(C)C(=O)Cn1cc(C)cc(Br)c1=O. The summed E-state index contributed by atoms with van der Waals surface area (Å²) in [5.74, 6) is -0.0388. The molecule has 0 unspecified atom stereocenters. The molecule has 5 heteroatoms. The Hall–Kier alpha value is -1.10. The first-order chi connectivity index (χ1) is 8.45. The number of hydrogen-bond acceptors (Lipinski definition) is 2. The molecule has 0 N–H and O–H groups in total. The molecule has 0 aliphatic heterocycles. The Morgan fingerprint density at radius 1 is 1.50 bits per heavy atom. The van der Waals surface area contributed by atoms with Crippen LogP contribution in [0, 0.1) is 6.92 Å². The van der Waals surface area contributed by atoms with Crippen LogP contribution in [0.25, 0.3) is 0 Å². The van der Waals surface area contributed by atoms with E-state index in [2.05, 4.69) is 22.9 Å². The summed E-state index contributed by atoms with van der Waals surface area (Å²) in [6.07, 6.45) is 3.74. The fraction of sp³-hybridized carbons (Fsp3) is 0.538. The molecule has 0 radical (unpaired) electrons. The van der Waals surface area contributed by atoms with E-state index in [9.17, 15) is 9.59 Å². The monoisotopic (exact) mass is 314 g/mol. The van der Waals surface area contributed by atoms with Gasteiger partial charge in [0, 0.05) is 19.8 Å². The molecule has 0 aromatic carbocycles. The van der Waals surface area contributed by atoms with Crippen LogP contribution in [-0.2, 0) is 11.3 Å². The van der Waals surface area contributed by atoms with Gasteiger partial charge in [0.15, 0.2) is 0 Å². The lowest BCUT2D eigenvalue weighted by Gasteiger charge is -2.17. The zero-order chi connectivity index (χ0) is 13.7. The molecular weight excluding hydrogens is 296 g/mol. The lowest BCUT2D eigenvalue weighted by molar-refractivity contribution is -0.130. The third kappa shape index (κ3) is 3.98. The normalized spacial score (nSPS) is 10.4. The van der Waals surface area contributed by atoms with Crippen LogP contribution in [0.15, 0.2) is 21.5 Å². The molecule has 1 amide bonds. The van der Waals surface area contributed by atoms with Crippen molar-refractivity contribution >= 4 is 21.8 Å². The lowest BCUT2D eigenvalue weighted by atomic mass is 10.3. The van der Waals surface area contributed by atoms with Gasteiger partial charge < -0.3 is 9.47 Å². The van der Waals surface area contributed by atoms with Crippen molar-refractivity contribution in [3.63, 3.8) is 0 Å². The second-order valence-corrected chi connectivity index (χ2v) is 5.32. The number of carbonyl (C=O) groups excluding carboxylic acids is 1. The topological polar surface area (TPSA) is 42.3 Å². The Balaban J connectivity index is 2.79. The Bertz CT molecular complexity index is 482. The van der Waals surface area contributed by atoms with Crippen LogP contribution in [0.3, 0.4) is 0 Å². The number of aromatic nitrogens is 1. The molecule has 1 aromatic heterocycles.